The Morgan fingerprint density at radius 2 is 2.28 bits per heavy atom. The Morgan fingerprint density at radius 3 is 2.94 bits per heavy atom. The molecule has 0 radical (unpaired) electrons. The number of ether oxygens (including phenoxy) is 1. The van der Waals surface area contributed by atoms with Crippen LogP contribution in [0, 0.1) is 0 Å². The highest BCUT2D eigenvalue weighted by molar-refractivity contribution is 7.18. The highest BCUT2D eigenvalue weighted by Crippen LogP contribution is 2.29. The smallest absolute Gasteiger partial charge is 0.325 e. The average molecular weight is 264 g/mol. The van der Waals surface area contributed by atoms with E-state index in [2.05, 4.69) is 28.9 Å². The molecule has 1 heterocycles. The first-order valence-electron chi connectivity index (χ1n) is 5.81. The lowest BCUT2D eigenvalue weighted by Gasteiger charge is -2.04. The molecule has 0 saturated heterocycles. The molecule has 0 bridgehead atoms. The van der Waals surface area contributed by atoms with E-state index in [1.807, 2.05) is 18.2 Å². The Hall–Kier alpha value is -1.62. The molecule has 0 aliphatic carbocycles. The normalized spacial score (nSPS) is 10.9. The van der Waals surface area contributed by atoms with Crippen molar-refractivity contribution in [2.45, 2.75) is 19.8 Å². The summed E-state index contributed by atoms with van der Waals surface area (Å²) in [6.07, 6.45) is 0. The van der Waals surface area contributed by atoms with E-state index in [9.17, 15) is 4.79 Å². The molecule has 0 unspecified atom stereocenters. The number of fused-ring (bicyclic) bond motifs is 1. The number of aromatic nitrogens is 1. The quantitative estimate of drug-likeness (QED) is 0.862. The van der Waals surface area contributed by atoms with Crippen LogP contribution in [0.3, 0.4) is 0 Å². The van der Waals surface area contributed by atoms with Crippen LogP contribution in [0.25, 0.3) is 10.2 Å². The molecule has 0 spiro atoms. The lowest BCUT2D eigenvalue weighted by molar-refractivity contribution is -0.138. The van der Waals surface area contributed by atoms with Gasteiger partial charge in [-0.2, -0.15) is 0 Å². The third-order valence-electron chi connectivity index (χ3n) is 2.56. The molecule has 0 atom stereocenters. The molecule has 4 nitrogen and oxygen atoms in total. The van der Waals surface area contributed by atoms with Gasteiger partial charge in [-0.3, -0.25) is 4.79 Å². The minimum atomic E-state index is -0.276. The van der Waals surface area contributed by atoms with Crippen LogP contribution < -0.4 is 5.32 Å². The first-order chi connectivity index (χ1) is 8.60. The summed E-state index contributed by atoms with van der Waals surface area (Å²) in [7, 11) is 1.38. The summed E-state index contributed by atoms with van der Waals surface area (Å²) in [6, 6.07) is 5.91. The van der Waals surface area contributed by atoms with Gasteiger partial charge in [0.15, 0.2) is 0 Å². The Balaban J connectivity index is 2.19. The third kappa shape index (κ3) is 2.79. The number of anilines is 1. The lowest BCUT2D eigenvalue weighted by atomic mass is 10.2. The van der Waals surface area contributed by atoms with Crippen molar-refractivity contribution in [2.75, 3.05) is 19.0 Å². The number of benzene rings is 1. The molecule has 0 aliphatic heterocycles. The predicted octanol–water partition coefficient (Wildman–Crippen LogP) is 3.00. The molecule has 0 amide bonds. The summed E-state index contributed by atoms with van der Waals surface area (Å²) in [5, 5.41) is 4.16. The first kappa shape index (κ1) is 12.8. The summed E-state index contributed by atoms with van der Waals surface area (Å²) in [5.74, 6) is 0.163. The van der Waals surface area contributed by atoms with E-state index in [0.717, 1.165) is 20.9 Å². The van der Waals surface area contributed by atoms with E-state index in [-0.39, 0.29) is 12.5 Å². The van der Waals surface area contributed by atoms with E-state index in [1.165, 1.54) is 7.11 Å². The highest BCUT2D eigenvalue weighted by Gasteiger charge is 2.08. The van der Waals surface area contributed by atoms with Crippen LogP contribution in [0.15, 0.2) is 18.2 Å². The van der Waals surface area contributed by atoms with Crippen molar-refractivity contribution in [2.24, 2.45) is 0 Å². The average Bonchev–Trinajstić information content (AvgIpc) is 2.79. The van der Waals surface area contributed by atoms with Crippen molar-refractivity contribution >= 4 is 33.2 Å². The maximum atomic E-state index is 11.0. The van der Waals surface area contributed by atoms with E-state index < -0.39 is 0 Å². The van der Waals surface area contributed by atoms with E-state index in [1.54, 1.807) is 11.3 Å². The zero-order valence-corrected chi connectivity index (χ0v) is 11.5. The number of nitrogens with zero attached hydrogens (tertiary/aromatic N) is 1. The molecule has 5 heteroatoms. The standard InChI is InChI=1S/C13H16N2O2S/c1-8(2)13-15-10-5-4-9(6-11(10)18-13)14-7-12(16)17-3/h4-6,8,14H,7H2,1-3H3. The molecular formula is C13H16N2O2S. The SMILES string of the molecule is COC(=O)CNc1ccc2nc(C(C)C)sc2c1. The van der Waals surface area contributed by atoms with Gasteiger partial charge in [-0.1, -0.05) is 13.8 Å². The summed E-state index contributed by atoms with van der Waals surface area (Å²) >= 11 is 1.69. The Kier molecular flexibility index (Phi) is 3.81. The molecule has 0 fully saturated rings. The number of carbonyl (C=O) groups is 1. The van der Waals surface area contributed by atoms with Gasteiger partial charge in [0, 0.05) is 11.6 Å². The number of carbonyl (C=O) groups excluding carboxylic acids is 1. The summed E-state index contributed by atoms with van der Waals surface area (Å²) in [5.41, 5.74) is 1.92. The number of thiazole rings is 1. The fraction of sp³-hybridized carbons (Fsp3) is 0.385. The van der Waals surface area contributed by atoms with Crippen LogP contribution in [0.4, 0.5) is 5.69 Å². The van der Waals surface area contributed by atoms with E-state index >= 15 is 0 Å². The number of nitrogens with one attached hydrogen (secondary N) is 1. The fourth-order valence-corrected chi connectivity index (χ4v) is 2.55. The first-order valence-corrected chi connectivity index (χ1v) is 6.63. The minimum Gasteiger partial charge on any atom is -0.468 e. The van der Waals surface area contributed by atoms with Gasteiger partial charge < -0.3 is 10.1 Å². The molecule has 1 N–H and O–H groups in total. The molecular weight excluding hydrogens is 248 g/mol. The zero-order chi connectivity index (χ0) is 13.1. The number of esters is 1. The van der Waals surface area contributed by atoms with Crippen molar-refractivity contribution < 1.29 is 9.53 Å². The molecule has 0 saturated carbocycles. The Labute approximate surface area is 110 Å². The van der Waals surface area contributed by atoms with Crippen LogP contribution in [-0.2, 0) is 9.53 Å². The van der Waals surface area contributed by atoms with Gasteiger partial charge in [0.2, 0.25) is 0 Å². The molecule has 2 rings (SSSR count). The molecule has 0 aliphatic rings. The van der Waals surface area contributed by atoms with Crippen LogP contribution in [0.5, 0.6) is 0 Å². The number of rotatable bonds is 4. The summed E-state index contributed by atoms with van der Waals surface area (Å²) in [6.45, 7) is 4.44. The number of hydrogen-bond acceptors (Lipinski definition) is 5. The van der Waals surface area contributed by atoms with Crippen LogP contribution in [0.2, 0.25) is 0 Å². The summed E-state index contributed by atoms with van der Waals surface area (Å²) < 4.78 is 5.72. The lowest BCUT2D eigenvalue weighted by Crippen LogP contribution is -2.14. The van der Waals surface area contributed by atoms with Gasteiger partial charge in [0.1, 0.15) is 6.54 Å². The minimum absolute atomic E-state index is 0.178. The Bertz CT molecular complexity index is 563. The third-order valence-corrected chi connectivity index (χ3v) is 3.88. The molecule has 1 aromatic heterocycles. The van der Waals surface area contributed by atoms with Crippen molar-refractivity contribution in [3.63, 3.8) is 0 Å². The number of methoxy groups -OCH3 is 1. The fourth-order valence-electron chi connectivity index (χ4n) is 1.55. The second-order valence-electron chi connectivity index (χ2n) is 4.32. The van der Waals surface area contributed by atoms with Gasteiger partial charge >= 0.3 is 5.97 Å². The van der Waals surface area contributed by atoms with Crippen molar-refractivity contribution in [1.82, 2.24) is 4.98 Å². The van der Waals surface area contributed by atoms with Gasteiger partial charge in [0.05, 0.1) is 22.3 Å². The van der Waals surface area contributed by atoms with Gasteiger partial charge in [0.25, 0.3) is 0 Å². The second kappa shape index (κ2) is 5.35. The number of hydrogen-bond donors (Lipinski definition) is 1. The zero-order valence-electron chi connectivity index (χ0n) is 10.7. The van der Waals surface area contributed by atoms with Crippen molar-refractivity contribution in [1.29, 1.82) is 0 Å². The van der Waals surface area contributed by atoms with Gasteiger partial charge in [-0.05, 0) is 18.2 Å². The summed E-state index contributed by atoms with van der Waals surface area (Å²) in [4.78, 5) is 15.6. The van der Waals surface area contributed by atoms with Crippen molar-refractivity contribution in [3.05, 3.63) is 23.2 Å². The Morgan fingerprint density at radius 1 is 1.50 bits per heavy atom. The highest BCUT2D eigenvalue weighted by atomic mass is 32.1. The largest absolute Gasteiger partial charge is 0.468 e. The molecule has 2 aromatic rings. The maximum Gasteiger partial charge on any atom is 0.325 e. The molecule has 96 valence electrons. The monoisotopic (exact) mass is 264 g/mol. The second-order valence-corrected chi connectivity index (χ2v) is 5.38. The van der Waals surface area contributed by atoms with E-state index in [0.29, 0.717) is 5.92 Å². The predicted molar refractivity (Wildman–Crippen MR) is 74.2 cm³/mol. The van der Waals surface area contributed by atoms with Gasteiger partial charge in [-0.25, -0.2) is 4.98 Å². The molecule has 18 heavy (non-hydrogen) atoms. The van der Waals surface area contributed by atoms with Crippen molar-refractivity contribution in [3.8, 4) is 0 Å². The van der Waals surface area contributed by atoms with Crippen LogP contribution in [0.1, 0.15) is 24.8 Å². The van der Waals surface area contributed by atoms with Crippen LogP contribution in [-0.4, -0.2) is 24.6 Å². The van der Waals surface area contributed by atoms with Crippen LogP contribution >= 0.6 is 11.3 Å². The topological polar surface area (TPSA) is 51.2 Å². The molecule has 1 aromatic carbocycles. The van der Waals surface area contributed by atoms with E-state index in [4.69, 9.17) is 0 Å². The maximum absolute atomic E-state index is 11.0. The van der Waals surface area contributed by atoms with Gasteiger partial charge in [-0.15, -0.1) is 11.3 Å².